The van der Waals surface area contributed by atoms with Crippen molar-refractivity contribution in [3.8, 4) is 0 Å². The fraction of sp³-hybridized carbons (Fsp3) is 0.900. The summed E-state index contributed by atoms with van der Waals surface area (Å²) in [5, 5.41) is 3.09. The third-order valence-electron chi connectivity index (χ3n) is 3.68. The third-order valence-corrected chi connectivity index (χ3v) is 3.68. The summed E-state index contributed by atoms with van der Waals surface area (Å²) in [6, 6.07) is 0.727. The molecule has 4 heteroatoms. The van der Waals surface area contributed by atoms with Crippen LogP contribution in [0.2, 0.25) is 0 Å². The second kappa shape index (κ2) is 2.94. The number of fused-ring (bicyclic) bond motifs is 1. The van der Waals surface area contributed by atoms with Gasteiger partial charge >= 0.3 is 0 Å². The fourth-order valence-corrected chi connectivity index (χ4v) is 3.05. The molecule has 3 rings (SSSR count). The predicted molar refractivity (Wildman–Crippen MR) is 50.9 cm³/mol. The van der Waals surface area contributed by atoms with Crippen LogP contribution in [0, 0.1) is 0 Å². The van der Waals surface area contributed by atoms with Gasteiger partial charge in [0.2, 0.25) is 5.91 Å². The highest BCUT2D eigenvalue weighted by Gasteiger charge is 2.57. The average Bonchev–Trinajstić information content (AvgIpc) is 2.74. The number of carbonyl (C=O) groups excluding carboxylic acids is 1. The molecule has 3 fully saturated rings. The van der Waals surface area contributed by atoms with Crippen molar-refractivity contribution in [1.82, 2.24) is 10.2 Å². The molecule has 4 atom stereocenters. The molecule has 3 saturated heterocycles. The van der Waals surface area contributed by atoms with Crippen molar-refractivity contribution < 1.29 is 9.53 Å². The molecule has 0 aromatic rings. The van der Waals surface area contributed by atoms with E-state index in [1.54, 1.807) is 0 Å². The molecule has 3 aliphatic rings. The number of carbonyl (C=O) groups is 1. The summed E-state index contributed by atoms with van der Waals surface area (Å²) >= 11 is 0. The molecule has 0 unspecified atom stereocenters. The molecule has 78 valence electrons. The van der Waals surface area contributed by atoms with Crippen molar-refractivity contribution >= 4 is 5.91 Å². The summed E-state index contributed by atoms with van der Waals surface area (Å²) in [7, 11) is 0. The van der Waals surface area contributed by atoms with Crippen LogP contribution in [0.4, 0.5) is 0 Å². The second-order valence-electron chi connectivity index (χ2n) is 4.43. The van der Waals surface area contributed by atoms with Gasteiger partial charge in [-0.2, -0.15) is 0 Å². The first-order valence-corrected chi connectivity index (χ1v) is 5.48. The maximum Gasteiger partial charge on any atom is 0.220 e. The Kier molecular flexibility index (Phi) is 1.82. The zero-order valence-electron chi connectivity index (χ0n) is 8.40. The minimum atomic E-state index is 0.151. The van der Waals surface area contributed by atoms with Gasteiger partial charge in [0.1, 0.15) is 0 Å². The SMILES string of the molecule is CCC(=O)N[C@@H]1[C@H]2[C@@H]3CCN2C[C@H]1O3. The minimum absolute atomic E-state index is 0.151. The minimum Gasteiger partial charge on any atom is -0.370 e. The number of hydrogen-bond acceptors (Lipinski definition) is 3. The molecule has 0 aliphatic carbocycles. The average molecular weight is 196 g/mol. The molecule has 0 spiro atoms. The Hall–Kier alpha value is -0.610. The summed E-state index contributed by atoms with van der Waals surface area (Å²) in [5.41, 5.74) is 0. The summed E-state index contributed by atoms with van der Waals surface area (Å²) < 4.78 is 5.85. The number of amides is 1. The van der Waals surface area contributed by atoms with E-state index in [0.29, 0.717) is 18.6 Å². The summed E-state index contributed by atoms with van der Waals surface area (Å²) in [5.74, 6) is 0.151. The monoisotopic (exact) mass is 196 g/mol. The van der Waals surface area contributed by atoms with Gasteiger partial charge < -0.3 is 10.1 Å². The first-order chi connectivity index (χ1) is 6.79. The van der Waals surface area contributed by atoms with Crippen LogP contribution in [-0.4, -0.2) is 48.2 Å². The third kappa shape index (κ3) is 1.04. The van der Waals surface area contributed by atoms with E-state index in [2.05, 4.69) is 10.2 Å². The lowest BCUT2D eigenvalue weighted by Crippen LogP contribution is -2.44. The van der Waals surface area contributed by atoms with Crippen molar-refractivity contribution in [2.24, 2.45) is 0 Å². The van der Waals surface area contributed by atoms with Crippen LogP contribution in [0.15, 0.2) is 0 Å². The maximum absolute atomic E-state index is 11.3. The lowest BCUT2D eigenvalue weighted by atomic mass is 10.1. The van der Waals surface area contributed by atoms with Gasteiger partial charge in [-0.05, 0) is 6.42 Å². The molecule has 0 aromatic carbocycles. The summed E-state index contributed by atoms with van der Waals surface area (Å²) in [6.07, 6.45) is 2.35. The Morgan fingerprint density at radius 3 is 3.14 bits per heavy atom. The molecule has 0 saturated carbocycles. The second-order valence-corrected chi connectivity index (χ2v) is 4.43. The molecule has 3 heterocycles. The quantitative estimate of drug-likeness (QED) is 0.661. The molecular formula is C10H16N2O2. The molecular weight excluding hydrogens is 180 g/mol. The van der Waals surface area contributed by atoms with Crippen molar-refractivity contribution in [2.45, 2.75) is 44.1 Å². The number of hydrogen-bond donors (Lipinski definition) is 1. The van der Waals surface area contributed by atoms with E-state index in [0.717, 1.165) is 19.5 Å². The highest BCUT2D eigenvalue weighted by Crippen LogP contribution is 2.39. The lowest BCUT2D eigenvalue weighted by Gasteiger charge is -2.21. The summed E-state index contributed by atoms with van der Waals surface area (Å²) in [6.45, 7) is 4.04. The topological polar surface area (TPSA) is 41.6 Å². The first-order valence-electron chi connectivity index (χ1n) is 5.48. The van der Waals surface area contributed by atoms with E-state index < -0.39 is 0 Å². The Bertz CT molecular complexity index is 255. The van der Waals surface area contributed by atoms with E-state index in [-0.39, 0.29) is 18.1 Å². The Balaban J connectivity index is 1.74. The normalized spacial score (nSPS) is 44.6. The molecule has 3 aliphatic heterocycles. The van der Waals surface area contributed by atoms with Crippen LogP contribution in [0.5, 0.6) is 0 Å². The standard InChI is InChI=1S/C10H16N2O2/c1-2-8(13)11-9-7-5-12-4-3-6(14-7)10(9)12/h6-7,9-10H,2-5H2,1H3,(H,11,13)/t6-,7+,9-,10+/m0/s1. The van der Waals surface area contributed by atoms with E-state index in [4.69, 9.17) is 4.74 Å². The van der Waals surface area contributed by atoms with Crippen LogP contribution < -0.4 is 5.32 Å². The van der Waals surface area contributed by atoms with E-state index in [1.807, 2.05) is 6.92 Å². The lowest BCUT2D eigenvalue weighted by molar-refractivity contribution is -0.121. The van der Waals surface area contributed by atoms with Crippen LogP contribution in [0.1, 0.15) is 19.8 Å². The van der Waals surface area contributed by atoms with Gasteiger partial charge in [-0.15, -0.1) is 0 Å². The molecule has 14 heavy (non-hydrogen) atoms. The zero-order valence-corrected chi connectivity index (χ0v) is 8.40. The van der Waals surface area contributed by atoms with Crippen molar-refractivity contribution in [2.75, 3.05) is 13.1 Å². The van der Waals surface area contributed by atoms with E-state index in [9.17, 15) is 4.79 Å². The van der Waals surface area contributed by atoms with Gasteiger partial charge in [0.15, 0.2) is 0 Å². The fourth-order valence-electron chi connectivity index (χ4n) is 3.05. The number of nitrogens with one attached hydrogen (secondary N) is 1. The zero-order chi connectivity index (χ0) is 9.71. The predicted octanol–water partition coefficient (Wildman–Crippen LogP) is -0.263. The number of nitrogens with zero attached hydrogens (tertiary/aromatic N) is 1. The summed E-state index contributed by atoms with van der Waals surface area (Å²) in [4.78, 5) is 13.8. The van der Waals surface area contributed by atoms with Crippen LogP contribution in [0.3, 0.4) is 0 Å². The van der Waals surface area contributed by atoms with E-state index in [1.165, 1.54) is 0 Å². The molecule has 0 aromatic heterocycles. The number of morpholine rings is 1. The molecule has 4 nitrogen and oxygen atoms in total. The van der Waals surface area contributed by atoms with Crippen LogP contribution in [-0.2, 0) is 9.53 Å². The highest BCUT2D eigenvalue weighted by atomic mass is 16.5. The number of ether oxygens (including phenoxy) is 1. The maximum atomic E-state index is 11.3. The van der Waals surface area contributed by atoms with E-state index >= 15 is 0 Å². The van der Waals surface area contributed by atoms with Gasteiger partial charge in [0, 0.05) is 19.5 Å². The largest absolute Gasteiger partial charge is 0.370 e. The Morgan fingerprint density at radius 1 is 1.57 bits per heavy atom. The Labute approximate surface area is 83.6 Å². The Morgan fingerprint density at radius 2 is 2.43 bits per heavy atom. The van der Waals surface area contributed by atoms with Crippen molar-refractivity contribution in [3.05, 3.63) is 0 Å². The highest BCUT2D eigenvalue weighted by molar-refractivity contribution is 5.76. The molecule has 1 N–H and O–H groups in total. The van der Waals surface area contributed by atoms with Crippen molar-refractivity contribution in [3.63, 3.8) is 0 Å². The number of rotatable bonds is 2. The molecule has 0 radical (unpaired) electrons. The van der Waals surface area contributed by atoms with Crippen LogP contribution in [0.25, 0.3) is 0 Å². The van der Waals surface area contributed by atoms with Gasteiger partial charge in [-0.25, -0.2) is 0 Å². The van der Waals surface area contributed by atoms with Gasteiger partial charge in [-0.1, -0.05) is 6.92 Å². The van der Waals surface area contributed by atoms with Gasteiger partial charge in [-0.3, -0.25) is 9.69 Å². The smallest absolute Gasteiger partial charge is 0.220 e. The van der Waals surface area contributed by atoms with Crippen LogP contribution >= 0.6 is 0 Å². The molecule has 2 bridgehead atoms. The first kappa shape index (κ1) is 8.68. The molecule has 1 amide bonds. The van der Waals surface area contributed by atoms with Gasteiger partial charge in [0.25, 0.3) is 0 Å². The van der Waals surface area contributed by atoms with Gasteiger partial charge in [0.05, 0.1) is 24.3 Å². The van der Waals surface area contributed by atoms with Crippen molar-refractivity contribution in [1.29, 1.82) is 0 Å².